The molecule has 1 aliphatic heterocycles. The van der Waals surface area contributed by atoms with E-state index < -0.39 is 17.8 Å². The Morgan fingerprint density at radius 1 is 1.18 bits per heavy atom. The van der Waals surface area contributed by atoms with Gasteiger partial charge in [-0.2, -0.15) is 13.2 Å². The minimum Gasteiger partial charge on any atom is -0.355 e. The van der Waals surface area contributed by atoms with E-state index in [0.717, 1.165) is 12.8 Å². The molecule has 0 amide bonds. The second-order valence-corrected chi connectivity index (χ2v) is 6.70. The molecule has 1 saturated heterocycles. The molecule has 8 heteroatoms. The van der Waals surface area contributed by atoms with Crippen molar-refractivity contribution in [3.05, 3.63) is 21.8 Å². The summed E-state index contributed by atoms with van der Waals surface area (Å²) in [6.45, 7) is -0.00263. The van der Waals surface area contributed by atoms with Crippen LogP contribution >= 0.6 is 15.9 Å². The van der Waals surface area contributed by atoms with Crippen LogP contribution in [0.15, 0.2) is 10.5 Å². The zero-order valence-electron chi connectivity index (χ0n) is 11.6. The summed E-state index contributed by atoms with van der Waals surface area (Å²) in [5.41, 5.74) is -0.684. The van der Waals surface area contributed by atoms with Crippen LogP contribution in [0.25, 0.3) is 0 Å². The number of hydrogen-bond acceptors (Lipinski definition) is 2. The lowest BCUT2D eigenvalue weighted by atomic mass is 10.1. The number of nitrogens with zero attached hydrogens (tertiary/aromatic N) is 2. The summed E-state index contributed by atoms with van der Waals surface area (Å²) in [5.74, 6) is -2.74. The van der Waals surface area contributed by atoms with Crippen molar-refractivity contribution in [1.29, 1.82) is 0 Å². The molecule has 0 unspecified atom stereocenters. The predicted molar refractivity (Wildman–Crippen MR) is 75.3 cm³/mol. The number of hydrogen-bond donors (Lipinski definition) is 0. The van der Waals surface area contributed by atoms with Crippen molar-refractivity contribution in [2.24, 2.45) is 0 Å². The smallest absolute Gasteiger partial charge is 0.355 e. The van der Waals surface area contributed by atoms with Crippen LogP contribution < -0.4 is 4.90 Å². The highest BCUT2D eigenvalue weighted by Gasteiger charge is 2.42. The third kappa shape index (κ3) is 3.21. The molecule has 1 aromatic rings. The number of pyridine rings is 1. The van der Waals surface area contributed by atoms with Gasteiger partial charge in [0.15, 0.2) is 0 Å². The molecule has 1 aliphatic carbocycles. The van der Waals surface area contributed by atoms with Crippen LogP contribution in [0.4, 0.5) is 27.8 Å². The third-order valence-corrected chi connectivity index (χ3v) is 4.65. The molecule has 2 heterocycles. The molecule has 0 aromatic carbocycles. The van der Waals surface area contributed by atoms with E-state index in [1.165, 1.54) is 11.0 Å². The SMILES string of the molecule is FC1(F)CCN(c2nc(C(F)(F)F)c(C3CC3)cc2Br)CC1. The van der Waals surface area contributed by atoms with Gasteiger partial charge >= 0.3 is 6.18 Å². The van der Waals surface area contributed by atoms with Crippen LogP contribution in [0.2, 0.25) is 0 Å². The van der Waals surface area contributed by atoms with Gasteiger partial charge in [-0.25, -0.2) is 13.8 Å². The van der Waals surface area contributed by atoms with Crippen molar-refractivity contribution in [1.82, 2.24) is 4.98 Å². The highest BCUT2D eigenvalue weighted by molar-refractivity contribution is 9.10. The molecule has 0 N–H and O–H groups in total. The average Bonchev–Trinajstić information content (AvgIpc) is 3.22. The minimum absolute atomic E-state index is 0.00132. The second kappa shape index (κ2) is 5.32. The molecule has 2 aliphatic rings. The molecule has 1 saturated carbocycles. The van der Waals surface area contributed by atoms with Crippen LogP contribution in [0.5, 0.6) is 0 Å². The zero-order chi connectivity index (χ0) is 16.1. The minimum atomic E-state index is -4.53. The Bertz CT molecular complexity index is 573. The van der Waals surface area contributed by atoms with E-state index in [2.05, 4.69) is 20.9 Å². The summed E-state index contributed by atoms with van der Waals surface area (Å²) in [4.78, 5) is 5.28. The van der Waals surface area contributed by atoms with Gasteiger partial charge in [0.2, 0.25) is 0 Å². The normalized spacial score (nSPS) is 22.0. The maximum Gasteiger partial charge on any atom is 0.433 e. The fraction of sp³-hybridized carbons (Fsp3) is 0.643. The van der Waals surface area contributed by atoms with Crippen LogP contribution in [0.3, 0.4) is 0 Å². The molecule has 2 nitrogen and oxygen atoms in total. The first kappa shape index (κ1) is 16.0. The lowest BCUT2D eigenvalue weighted by Gasteiger charge is -2.33. The predicted octanol–water partition coefficient (Wildman–Crippen LogP) is 4.98. The number of aromatic nitrogens is 1. The molecule has 2 fully saturated rings. The van der Waals surface area contributed by atoms with Gasteiger partial charge in [-0.05, 0) is 46.3 Å². The van der Waals surface area contributed by atoms with Crippen LogP contribution in [-0.4, -0.2) is 24.0 Å². The van der Waals surface area contributed by atoms with E-state index in [4.69, 9.17) is 0 Å². The van der Waals surface area contributed by atoms with E-state index in [1.54, 1.807) is 0 Å². The van der Waals surface area contributed by atoms with Crippen molar-refractivity contribution >= 4 is 21.7 Å². The maximum atomic E-state index is 13.2. The molecule has 0 atom stereocenters. The Balaban J connectivity index is 1.95. The highest BCUT2D eigenvalue weighted by atomic mass is 79.9. The monoisotopic (exact) mass is 384 g/mol. The van der Waals surface area contributed by atoms with Crippen LogP contribution in [-0.2, 0) is 6.18 Å². The number of piperidine rings is 1. The lowest BCUT2D eigenvalue weighted by Crippen LogP contribution is -2.40. The first-order valence-electron chi connectivity index (χ1n) is 7.08. The Morgan fingerprint density at radius 3 is 2.27 bits per heavy atom. The quantitative estimate of drug-likeness (QED) is 0.668. The van der Waals surface area contributed by atoms with Gasteiger partial charge < -0.3 is 4.90 Å². The first-order chi connectivity index (χ1) is 10.2. The average molecular weight is 385 g/mol. The maximum absolute atomic E-state index is 13.2. The highest BCUT2D eigenvalue weighted by Crippen LogP contribution is 2.47. The van der Waals surface area contributed by atoms with Gasteiger partial charge in [-0.3, -0.25) is 0 Å². The summed E-state index contributed by atoms with van der Waals surface area (Å²) >= 11 is 3.25. The number of halogens is 6. The molecular formula is C14H14BrF5N2. The van der Waals surface area contributed by atoms with Gasteiger partial charge in [0.1, 0.15) is 11.5 Å². The standard InChI is InChI=1S/C14H14BrF5N2/c15-10-7-9(8-1-2-8)11(14(18,19)20)21-12(10)22-5-3-13(16,17)4-6-22/h7-8H,1-6H2. The van der Waals surface area contributed by atoms with Gasteiger partial charge in [-0.1, -0.05) is 0 Å². The van der Waals surface area contributed by atoms with E-state index >= 15 is 0 Å². The van der Waals surface area contributed by atoms with Gasteiger partial charge in [-0.15, -0.1) is 0 Å². The van der Waals surface area contributed by atoms with Crippen molar-refractivity contribution in [3.63, 3.8) is 0 Å². The number of anilines is 1. The Kier molecular flexibility index (Phi) is 3.86. The molecular weight excluding hydrogens is 371 g/mol. The Hall–Kier alpha value is -0.920. The van der Waals surface area contributed by atoms with Gasteiger partial charge in [0.05, 0.1) is 4.47 Å². The van der Waals surface area contributed by atoms with Crippen molar-refractivity contribution in [2.75, 3.05) is 18.0 Å². The molecule has 1 aromatic heterocycles. The number of alkyl halides is 5. The summed E-state index contributed by atoms with van der Waals surface area (Å²) in [5, 5.41) is 0. The van der Waals surface area contributed by atoms with Crippen molar-refractivity contribution < 1.29 is 22.0 Å². The molecule has 0 radical (unpaired) electrons. The molecule has 22 heavy (non-hydrogen) atoms. The topological polar surface area (TPSA) is 16.1 Å². The van der Waals surface area contributed by atoms with Crippen molar-refractivity contribution in [3.8, 4) is 0 Å². The molecule has 0 spiro atoms. The van der Waals surface area contributed by atoms with Gasteiger partial charge in [0, 0.05) is 25.9 Å². The van der Waals surface area contributed by atoms with Gasteiger partial charge in [0.25, 0.3) is 5.92 Å². The third-order valence-electron chi connectivity index (χ3n) is 4.07. The molecule has 3 rings (SSSR count). The summed E-state index contributed by atoms with van der Waals surface area (Å²) in [7, 11) is 0. The van der Waals surface area contributed by atoms with E-state index in [1.807, 2.05) is 0 Å². The fourth-order valence-corrected chi connectivity index (χ4v) is 3.28. The Labute approximate surface area is 132 Å². The zero-order valence-corrected chi connectivity index (χ0v) is 13.1. The second-order valence-electron chi connectivity index (χ2n) is 5.85. The van der Waals surface area contributed by atoms with E-state index in [0.29, 0.717) is 4.47 Å². The summed E-state index contributed by atoms with van der Waals surface area (Å²) in [6.07, 6.45) is -3.81. The fourth-order valence-electron chi connectivity index (χ4n) is 2.69. The van der Waals surface area contributed by atoms with E-state index in [9.17, 15) is 22.0 Å². The summed E-state index contributed by atoms with van der Waals surface area (Å²) < 4.78 is 66.5. The van der Waals surface area contributed by atoms with E-state index in [-0.39, 0.29) is 43.2 Å². The lowest BCUT2D eigenvalue weighted by molar-refractivity contribution is -0.141. The molecule has 122 valence electrons. The number of rotatable bonds is 2. The summed E-state index contributed by atoms with van der Waals surface area (Å²) in [6, 6.07) is 1.45. The van der Waals surface area contributed by atoms with Crippen LogP contribution in [0.1, 0.15) is 42.9 Å². The molecule has 0 bridgehead atoms. The largest absolute Gasteiger partial charge is 0.433 e. The Morgan fingerprint density at radius 2 is 1.77 bits per heavy atom. The first-order valence-corrected chi connectivity index (χ1v) is 7.87. The van der Waals surface area contributed by atoms with Crippen molar-refractivity contribution in [2.45, 2.75) is 43.7 Å². The van der Waals surface area contributed by atoms with Crippen LogP contribution in [0, 0.1) is 0 Å².